The number of fused-ring (bicyclic) bond motifs is 2. The Balaban J connectivity index is 1.70. The number of amides is 1. The van der Waals surface area contributed by atoms with Crippen LogP contribution in [0.3, 0.4) is 0 Å². The summed E-state index contributed by atoms with van der Waals surface area (Å²) >= 11 is 0. The van der Waals surface area contributed by atoms with Crippen LogP contribution in [0.5, 0.6) is 0 Å². The molecular formula is C17H30N2O. The predicted molar refractivity (Wildman–Crippen MR) is 81.2 cm³/mol. The maximum atomic E-state index is 12.8. The first-order valence-corrected chi connectivity index (χ1v) is 8.26. The van der Waals surface area contributed by atoms with Crippen LogP contribution in [-0.4, -0.2) is 29.9 Å². The van der Waals surface area contributed by atoms with Gasteiger partial charge in [0.2, 0.25) is 5.91 Å². The lowest BCUT2D eigenvalue weighted by Crippen LogP contribution is -2.45. The van der Waals surface area contributed by atoms with Crippen LogP contribution in [0.4, 0.5) is 0 Å². The third kappa shape index (κ3) is 2.38. The van der Waals surface area contributed by atoms with Crippen LogP contribution in [0.25, 0.3) is 0 Å². The SMILES string of the molecule is CC1(C)CC2CC(C)(CN2C(=O)CC2(CN)CCC2)C1. The predicted octanol–water partition coefficient (Wildman–Crippen LogP) is 2.93. The number of carbonyl (C=O) groups is 1. The molecule has 2 unspecified atom stereocenters. The van der Waals surface area contributed by atoms with Crippen molar-refractivity contribution in [3.63, 3.8) is 0 Å². The molecule has 3 fully saturated rings. The van der Waals surface area contributed by atoms with Crippen molar-refractivity contribution in [3.8, 4) is 0 Å². The lowest BCUT2D eigenvalue weighted by Gasteiger charge is -2.42. The van der Waals surface area contributed by atoms with E-state index in [4.69, 9.17) is 5.73 Å². The largest absolute Gasteiger partial charge is 0.339 e. The zero-order chi connectivity index (χ0) is 14.6. The Morgan fingerprint density at radius 3 is 2.50 bits per heavy atom. The summed E-state index contributed by atoms with van der Waals surface area (Å²) in [6, 6.07) is 0.478. The maximum absolute atomic E-state index is 12.8. The molecule has 0 aromatic carbocycles. The van der Waals surface area contributed by atoms with Crippen LogP contribution in [0.2, 0.25) is 0 Å². The molecule has 1 heterocycles. The van der Waals surface area contributed by atoms with Crippen molar-refractivity contribution in [1.82, 2.24) is 4.90 Å². The molecule has 0 radical (unpaired) electrons. The molecule has 2 atom stereocenters. The summed E-state index contributed by atoms with van der Waals surface area (Å²) in [4.78, 5) is 15.0. The smallest absolute Gasteiger partial charge is 0.223 e. The molecule has 3 rings (SSSR count). The topological polar surface area (TPSA) is 46.3 Å². The van der Waals surface area contributed by atoms with Gasteiger partial charge in [-0.05, 0) is 54.9 Å². The normalized spacial score (nSPS) is 37.6. The molecular weight excluding hydrogens is 248 g/mol. The molecule has 114 valence electrons. The average molecular weight is 278 g/mol. The van der Waals surface area contributed by atoms with E-state index >= 15 is 0 Å². The number of likely N-dealkylation sites (tertiary alicyclic amines) is 1. The molecule has 3 heteroatoms. The first kappa shape index (κ1) is 14.4. The van der Waals surface area contributed by atoms with E-state index in [1.807, 2.05) is 0 Å². The van der Waals surface area contributed by atoms with Crippen molar-refractivity contribution in [2.24, 2.45) is 22.0 Å². The van der Waals surface area contributed by atoms with Gasteiger partial charge in [0.1, 0.15) is 0 Å². The molecule has 1 saturated heterocycles. The molecule has 3 nitrogen and oxygen atoms in total. The summed E-state index contributed by atoms with van der Waals surface area (Å²) in [5, 5.41) is 0. The van der Waals surface area contributed by atoms with Gasteiger partial charge in [0, 0.05) is 19.0 Å². The Kier molecular flexibility index (Phi) is 3.20. The fourth-order valence-corrected chi connectivity index (χ4v) is 5.30. The summed E-state index contributed by atoms with van der Waals surface area (Å²) in [5.74, 6) is 0.376. The van der Waals surface area contributed by atoms with E-state index in [1.54, 1.807) is 0 Å². The Bertz CT molecular complexity index is 408. The fraction of sp³-hybridized carbons (Fsp3) is 0.941. The molecule has 1 aliphatic heterocycles. The molecule has 2 aliphatic carbocycles. The van der Waals surface area contributed by atoms with Crippen molar-refractivity contribution < 1.29 is 4.79 Å². The van der Waals surface area contributed by atoms with Gasteiger partial charge in [-0.3, -0.25) is 4.79 Å². The highest BCUT2D eigenvalue weighted by Crippen LogP contribution is 2.53. The van der Waals surface area contributed by atoms with Gasteiger partial charge < -0.3 is 10.6 Å². The highest BCUT2D eigenvalue weighted by Gasteiger charge is 2.51. The molecule has 0 aromatic rings. The number of hydrogen-bond acceptors (Lipinski definition) is 2. The van der Waals surface area contributed by atoms with Gasteiger partial charge in [-0.25, -0.2) is 0 Å². The lowest BCUT2D eigenvalue weighted by atomic mass is 9.65. The van der Waals surface area contributed by atoms with Gasteiger partial charge in [-0.1, -0.05) is 27.2 Å². The van der Waals surface area contributed by atoms with Crippen molar-refractivity contribution in [2.75, 3.05) is 13.1 Å². The van der Waals surface area contributed by atoms with E-state index in [1.165, 1.54) is 25.7 Å². The molecule has 2 N–H and O–H groups in total. The van der Waals surface area contributed by atoms with Gasteiger partial charge in [-0.15, -0.1) is 0 Å². The zero-order valence-corrected chi connectivity index (χ0v) is 13.4. The molecule has 20 heavy (non-hydrogen) atoms. The van der Waals surface area contributed by atoms with Crippen LogP contribution in [-0.2, 0) is 4.79 Å². The van der Waals surface area contributed by atoms with Crippen molar-refractivity contribution in [3.05, 3.63) is 0 Å². The summed E-state index contributed by atoms with van der Waals surface area (Å²) in [5.41, 5.74) is 6.79. The first-order valence-electron chi connectivity index (χ1n) is 8.26. The fourth-order valence-electron chi connectivity index (χ4n) is 5.30. The minimum Gasteiger partial charge on any atom is -0.339 e. The second-order valence-electron chi connectivity index (χ2n) is 8.97. The highest BCUT2D eigenvalue weighted by molar-refractivity contribution is 5.78. The first-order chi connectivity index (χ1) is 9.27. The highest BCUT2D eigenvalue weighted by atomic mass is 16.2. The maximum Gasteiger partial charge on any atom is 0.223 e. The van der Waals surface area contributed by atoms with Gasteiger partial charge >= 0.3 is 0 Å². The van der Waals surface area contributed by atoms with Crippen molar-refractivity contribution >= 4 is 5.91 Å². The summed E-state index contributed by atoms with van der Waals surface area (Å²) < 4.78 is 0. The summed E-state index contributed by atoms with van der Waals surface area (Å²) in [7, 11) is 0. The van der Waals surface area contributed by atoms with E-state index in [2.05, 4.69) is 25.7 Å². The van der Waals surface area contributed by atoms with Crippen LogP contribution >= 0.6 is 0 Å². The van der Waals surface area contributed by atoms with Gasteiger partial charge in [0.25, 0.3) is 0 Å². The van der Waals surface area contributed by atoms with E-state index in [-0.39, 0.29) is 5.41 Å². The third-order valence-electron chi connectivity index (χ3n) is 6.11. The van der Waals surface area contributed by atoms with E-state index in [9.17, 15) is 4.79 Å². The molecule has 0 aromatic heterocycles. The van der Waals surface area contributed by atoms with Crippen LogP contribution in [0.1, 0.15) is 65.7 Å². The van der Waals surface area contributed by atoms with Crippen LogP contribution < -0.4 is 5.73 Å². The van der Waals surface area contributed by atoms with Crippen LogP contribution in [0.15, 0.2) is 0 Å². The second-order valence-corrected chi connectivity index (χ2v) is 8.97. The quantitative estimate of drug-likeness (QED) is 0.863. The number of carbonyl (C=O) groups excluding carboxylic acids is 1. The van der Waals surface area contributed by atoms with Crippen LogP contribution in [0, 0.1) is 16.2 Å². The molecule has 2 saturated carbocycles. The number of hydrogen-bond donors (Lipinski definition) is 1. The average Bonchev–Trinajstić information content (AvgIpc) is 2.53. The van der Waals surface area contributed by atoms with Gasteiger partial charge in [-0.2, -0.15) is 0 Å². The number of nitrogens with zero attached hydrogens (tertiary/aromatic N) is 1. The summed E-state index contributed by atoms with van der Waals surface area (Å²) in [6.45, 7) is 8.74. The van der Waals surface area contributed by atoms with E-state index in [0.717, 1.165) is 19.4 Å². The van der Waals surface area contributed by atoms with Gasteiger partial charge in [0.05, 0.1) is 0 Å². The minimum atomic E-state index is 0.143. The minimum absolute atomic E-state index is 0.143. The van der Waals surface area contributed by atoms with Crippen molar-refractivity contribution in [1.29, 1.82) is 0 Å². The third-order valence-corrected chi connectivity index (χ3v) is 6.11. The lowest BCUT2D eigenvalue weighted by molar-refractivity contribution is -0.136. The van der Waals surface area contributed by atoms with Crippen molar-refractivity contribution in [2.45, 2.75) is 71.8 Å². The standard InChI is InChI=1S/C17H30N2O/c1-15(2)7-13-8-16(3,10-15)12-19(13)14(20)9-17(11-18)5-4-6-17/h13H,4-12,18H2,1-3H3. The number of rotatable bonds is 3. The monoisotopic (exact) mass is 278 g/mol. The Morgan fingerprint density at radius 1 is 1.25 bits per heavy atom. The Labute approximate surface area is 123 Å². The summed E-state index contributed by atoms with van der Waals surface area (Å²) in [6.07, 6.45) is 7.87. The Hall–Kier alpha value is -0.570. The molecule has 0 spiro atoms. The second kappa shape index (κ2) is 4.46. The molecule has 3 aliphatic rings. The van der Waals surface area contributed by atoms with Gasteiger partial charge in [0.15, 0.2) is 0 Å². The molecule has 2 bridgehead atoms. The molecule has 1 amide bonds. The van der Waals surface area contributed by atoms with E-state index in [0.29, 0.717) is 35.7 Å². The number of nitrogens with two attached hydrogens (primary N) is 1. The van der Waals surface area contributed by atoms with E-state index < -0.39 is 0 Å². The Morgan fingerprint density at radius 2 is 1.95 bits per heavy atom. The zero-order valence-electron chi connectivity index (χ0n) is 13.4.